The lowest BCUT2D eigenvalue weighted by molar-refractivity contribution is -0.119. The van der Waals surface area contributed by atoms with Crippen LogP contribution in [0.4, 0.5) is 0 Å². The second-order valence-corrected chi connectivity index (χ2v) is 6.68. The quantitative estimate of drug-likeness (QED) is 0.572. The largest absolute Gasteiger partial charge is 0.349 e. The minimum atomic E-state index is -0.0346. The number of carbonyl (C=O) groups is 1. The van der Waals surface area contributed by atoms with Crippen LogP contribution in [0.2, 0.25) is 5.02 Å². The highest BCUT2D eigenvalue weighted by molar-refractivity contribution is 7.99. The first-order chi connectivity index (χ1) is 11.5. The van der Waals surface area contributed by atoms with Crippen molar-refractivity contribution in [2.24, 2.45) is 0 Å². The Morgan fingerprint density at radius 1 is 1.42 bits per heavy atom. The summed E-state index contributed by atoms with van der Waals surface area (Å²) in [4.78, 5) is 12.3. The molecule has 1 atom stereocenters. The number of hydrogen-bond donors (Lipinski definition) is 1. The SMILES string of the molecule is C=CCn1c(C)nnc1SCC(=O)NC(CC)c1ccc(Cl)cc1. The fourth-order valence-corrected chi connectivity index (χ4v) is 3.22. The molecular weight excluding hydrogens is 344 g/mol. The summed E-state index contributed by atoms with van der Waals surface area (Å²) in [5, 5.41) is 12.6. The third-order valence-electron chi connectivity index (χ3n) is 3.56. The van der Waals surface area contributed by atoms with Gasteiger partial charge in [0, 0.05) is 11.6 Å². The van der Waals surface area contributed by atoms with Gasteiger partial charge >= 0.3 is 0 Å². The Morgan fingerprint density at radius 2 is 2.12 bits per heavy atom. The van der Waals surface area contributed by atoms with Crippen molar-refractivity contribution in [3.8, 4) is 0 Å². The van der Waals surface area contributed by atoms with E-state index in [1.54, 1.807) is 6.08 Å². The van der Waals surface area contributed by atoms with E-state index in [1.807, 2.05) is 42.7 Å². The van der Waals surface area contributed by atoms with Crippen LogP contribution in [-0.2, 0) is 11.3 Å². The summed E-state index contributed by atoms with van der Waals surface area (Å²) in [7, 11) is 0. The Kier molecular flexibility index (Phi) is 6.87. The van der Waals surface area contributed by atoms with Crippen molar-refractivity contribution in [3.63, 3.8) is 0 Å². The van der Waals surface area contributed by atoms with Crippen LogP contribution in [0.5, 0.6) is 0 Å². The number of amides is 1. The lowest BCUT2D eigenvalue weighted by Crippen LogP contribution is -2.29. The Hall–Kier alpha value is -1.79. The minimum absolute atomic E-state index is 0.0249. The van der Waals surface area contributed by atoms with Gasteiger partial charge in [0.05, 0.1) is 11.8 Å². The van der Waals surface area contributed by atoms with E-state index in [0.29, 0.717) is 17.3 Å². The second kappa shape index (κ2) is 8.89. The summed E-state index contributed by atoms with van der Waals surface area (Å²) in [5.41, 5.74) is 1.05. The number of nitrogens with one attached hydrogen (secondary N) is 1. The third-order valence-corrected chi connectivity index (χ3v) is 4.78. The molecule has 2 rings (SSSR count). The summed E-state index contributed by atoms with van der Waals surface area (Å²) in [6.45, 7) is 8.28. The number of halogens is 1. The van der Waals surface area contributed by atoms with Crippen LogP contribution in [0.25, 0.3) is 0 Å². The first-order valence-electron chi connectivity index (χ1n) is 7.73. The molecule has 0 saturated heterocycles. The summed E-state index contributed by atoms with van der Waals surface area (Å²) in [6, 6.07) is 7.52. The van der Waals surface area contributed by atoms with E-state index in [-0.39, 0.29) is 11.9 Å². The van der Waals surface area contributed by atoms with Crippen LogP contribution >= 0.6 is 23.4 Å². The molecule has 1 heterocycles. The number of aryl methyl sites for hydroxylation is 1. The molecule has 1 unspecified atom stereocenters. The number of rotatable bonds is 8. The number of hydrogen-bond acceptors (Lipinski definition) is 4. The zero-order valence-electron chi connectivity index (χ0n) is 13.8. The second-order valence-electron chi connectivity index (χ2n) is 5.30. The number of benzene rings is 1. The first kappa shape index (κ1) is 18.5. The molecule has 7 heteroatoms. The molecule has 5 nitrogen and oxygen atoms in total. The van der Waals surface area contributed by atoms with Crippen LogP contribution in [0.1, 0.15) is 30.8 Å². The highest BCUT2D eigenvalue weighted by Crippen LogP contribution is 2.21. The van der Waals surface area contributed by atoms with Gasteiger partial charge in [-0.3, -0.25) is 4.79 Å². The maximum atomic E-state index is 12.3. The van der Waals surface area contributed by atoms with Crippen molar-refractivity contribution in [2.75, 3.05) is 5.75 Å². The van der Waals surface area contributed by atoms with Gasteiger partial charge in [0.25, 0.3) is 0 Å². The maximum absolute atomic E-state index is 12.3. The van der Waals surface area contributed by atoms with Crippen molar-refractivity contribution in [2.45, 2.75) is 38.0 Å². The maximum Gasteiger partial charge on any atom is 0.230 e. The van der Waals surface area contributed by atoms with Gasteiger partial charge in [0.2, 0.25) is 5.91 Å². The third kappa shape index (κ3) is 4.85. The van der Waals surface area contributed by atoms with Crippen LogP contribution in [0.3, 0.4) is 0 Å². The summed E-state index contributed by atoms with van der Waals surface area (Å²) in [5.74, 6) is 1.07. The van der Waals surface area contributed by atoms with E-state index < -0.39 is 0 Å². The van der Waals surface area contributed by atoms with Crippen molar-refractivity contribution in [3.05, 3.63) is 53.3 Å². The topological polar surface area (TPSA) is 59.8 Å². The van der Waals surface area contributed by atoms with E-state index in [9.17, 15) is 4.79 Å². The van der Waals surface area contributed by atoms with E-state index in [0.717, 1.165) is 23.0 Å². The first-order valence-corrected chi connectivity index (χ1v) is 9.09. The monoisotopic (exact) mass is 364 g/mol. The zero-order valence-corrected chi connectivity index (χ0v) is 15.4. The molecule has 128 valence electrons. The predicted molar refractivity (Wildman–Crippen MR) is 98.3 cm³/mol. The van der Waals surface area contributed by atoms with E-state index in [1.165, 1.54) is 11.8 Å². The number of carbonyl (C=O) groups excluding carboxylic acids is 1. The molecular formula is C17H21ClN4OS. The molecule has 0 radical (unpaired) electrons. The number of aromatic nitrogens is 3. The zero-order chi connectivity index (χ0) is 17.5. The summed E-state index contributed by atoms with van der Waals surface area (Å²) >= 11 is 7.29. The number of allylic oxidation sites excluding steroid dienone is 1. The minimum Gasteiger partial charge on any atom is -0.349 e. The molecule has 24 heavy (non-hydrogen) atoms. The molecule has 0 saturated carbocycles. The molecule has 1 aromatic heterocycles. The van der Waals surface area contributed by atoms with Gasteiger partial charge in [-0.05, 0) is 31.0 Å². The molecule has 2 aromatic rings. The van der Waals surface area contributed by atoms with E-state index in [2.05, 4.69) is 22.1 Å². The number of thioether (sulfide) groups is 1. The van der Waals surface area contributed by atoms with Crippen LogP contribution in [0.15, 0.2) is 42.1 Å². The Labute approximate surface area is 151 Å². The van der Waals surface area contributed by atoms with Crippen molar-refractivity contribution < 1.29 is 4.79 Å². The van der Waals surface area contributed by atoms with Gasteiger partial charge in [-0.25, -0.2) is 0 Å². The highest BCUT2D eigenvalue weighted by Gasteiger charge is 2.15. The Morgan fingerprint density at radius 3 is 2.75 bits per heavy atom. The van der Waals surface area contributed by atoms with Crippen LogP contribution < -0.4 is 5.32 Å². The fourth-order valence-electron chi connectivity index (χ4n) is 2.29. The highest BCUT2D eigenvalue weighted by atomic mass is 35.5. The summed E-state index contributed by atoms with van der Waals surface area (Å²) < 4.78 is 1.93. The van der Waals surface area contributed by atoms with Gasteiger partial charge in [0.15, 0.2) is 5.16 Å². The molecule has 0 aliphatic rings. The van der Waals surface area contributed by atoms with Crippen molar-refractivity contribution >= 4 is 29.3 Å². The Balaban J connectivity index is 1.94. The molecule has 0 bridgehead atoms. The molecule has 1 aromatic carbocycles. The molecule has 0 aliphatic carbocycles. The van der Waals surface area contributed by atoms with E-state index >= 15 is 0 Å². The number of nitrogens with zero attached hydrogens (tertiary/aromatic N) is 3. The van der Waals surface area contributed by atoms with Gasteiger partial charge < -0.3 is 9.88 Å². The standard InChI is InChI=1S/C17H21ClN4OS/c1-4-10-22-12(3)20-21-17(22)24-11-16(23)19-15(5-2)13-6-8-14(18)9-7-13/h4,6-9,15H,1,5,10-11H2,2-3H3,(H,19,23). The summed E-state index contributed by atoms with van der Waals surface area (Å²) in [6.07, 6.45) is 2.60. The Bertz CT molecular complexity index is 699. The molecule has 1 N–H and O–H groups in total. The molecule has 0 spiro atoms. The molecule has 0 aliphatic heterocycles. The van der Waals surface area contributed by atoms with Crippen LogP contribution in [0, 0.1) is 6.92 Å². The molecule has 0 fully saturated rings. The average Bonchev–Trinajstić information content (AvgIpc) is 2.92. The normalized spacial score (nSPS) is 12.0. The van der Waals surface area contributed by atoms with E-state index in [4.69, 9.17) is 11.6 Å². The smallest absolute Gasteiger partial charge is 0.230 e. The van der Waals surface area contributed by atoms with Gasteiger partial charge in [0.1, 0.15) is 5.82 Å². The fraction of sp³-hybridized carbons (Fsp3) is 0.353. The van der Waals surface area contributed by atoms with Crippen LogP contribution in [-0.4, -0.2) is 26.4 Å². The van der Waals surface area contributed by atoms with Crippen molar-refractivity contribution in [1.29, 1.82) is 0 Å². The van der Waals surface area contributed by atoms with Crippen molar-refractivity contribution in [1.82, 2.24) is 20.1 Å². The molecule has 1 amide bonds. The van der Waals surface area contributed by atoms with Gasteiger partial charge in [-0.2, -0.15) is 0 Å². The lowest BCUT2D eigenvalue weighted by atomic mass is 10.0. The predicted octanol–water partition coefficient (Wildman–Crippen LogP) is 3.79. The van der Waals surface area contributed by atoms with Gasteiger partial charge in [-0.15, -0.1) is 16.8 Å². The average molecular weight is 365 g/mol. The lowest BCUT2D eigenvalue weighted by Gasteiger charge is -2.17. The van der Waals surface area contributed by atoms with Gasteiger partial charge in [-0.1, -0.05) is 48.5 Å².